The Labute approximate surface area is 168 Å². The quantitative estimate of drug-likeness (QED) is 0.721. The maximum Gasteiger partial charge on any atom is 0.234 e. The van der Waals surface area contributed by atoms with Gasteiger partial charge >= 0.3 is 0 Å². The first-order valence-electron chi connectivity index (χ1n) is 8.98. The van der Waals surface area contributed by atoms with Crippen LogP contribution in [0.25, 0.3) is 0 Å². The lowest BCUT2D eigenvalue weighted by atomic mass is 9.89. The monoisotopic (exact) mass is 408 g/mol. The summed E-state index contributed by atoms with van der Waals surface area (Å²) in [6.45, 7) is 3.62. The van der Waals surface area contributed by atoms with Crippen LogP contribution in [0.4, 0.5) is 0 Å². The van der Waals surface area contributed by atoms with Gasteiger partial charge in [-0.3, -0.25) is 14.5 Å². The maximum absolute atomic E-state index is 12.7. The number of piperidine rings is 1. The van der Waals surface area contributed by atoms with E-state index in [0.717, 1.165) is 18.6 Å². The van der Waals surface area contributed by atoms with Gasteiger partial charge in [0.05, 0.1) is 28.9 Å². The second-order valence-electron chi connectivity index (χ2n) is 6.85. The van der Waals surface area contributed by atoms with Gasteiger partial charge in [0.2, 0.25) is 5.91 Å². The van der Waals surface area contributed by atoms with Gasteiger partial charge in [-0.15, -0.1) is 0 Å². The topological polar surface area (TPSA) is 62.6 Å². The summed E-state index contributed by atoms with van der Waals surface area (Å²) in [5, 5.41) is 3.77. The van der Waals surface area contributed by atoms with E-state index in [4.69, 9.17) is 27.6 Å². The van der Waals surface area contributed by atoms with Crippen LogP contribution >= 0.6 is 23.2 Å². The first kappa shape index (κ1) is 19.9. The Balaban J connectivity index is 1.47. The molecule has 1 saturated heterocycles. The number of carbonyl (C=O) groups is 2. The lowest BCUT2D eigenvalue weighted by molar-refractivity contribution is -0.123. The van der Waals surface area contributed by atoms with Crippen LogP contribution in [-0.2, 0) is 4.79 Å². The molecule has 1 unspecified atom stereocenters. The molecule has 0 bridgehead atoms. The summed E-state index contributed by atoms with van der Waals surface area (Å²) >= 11 is 11.9. The van der Waals surface area contributed by atoms with Crippen LogP contribution in [0, 0.1) is 5.92 Å². The molecule has 1 N–H and O–H groups in total. The molecule has 0 radical (unpaired) electrons. The molecule has 7 heteroatoms. The molecule has 1 aliphatic rings. The number of nitrogens with zero attached hydrogens (tertiary/aromatic N) is 1. The van der Waals surface area contributed by atoms with Crippen molar-refractivity contribution in [2.75, 3.05) is 19.6 Å². The SMILES string of the molecule is CC(NC(=O)CN1CCC(C(=O)c2ccc(Cl)c(Cl)c2)CC1)c1ccco1. The zero-order chi connectivity index (χ0) is 19.4. The van der Waals surface area contributed by atoms with Crippen molar-refractivity contribution in [1.29, 1.82) is 0 Å². The van der Waals surface area contributed by atoms with E-state index in [-0.39, 0.29) is 23.7 Å². The Morgan fingerprint density at radius 2 is 1.96 bits per heavy atom. The molecule has 1 aliphatic heterocycles. The highest BCUT2D eigenvalue weighted by molar-refractivity contribution is 6.42. The van der Waals surface area contributed by atoms with Gasteiger partial charge in [-0.2, -0.15) is 0 Å². The number of amides is 1. The first-order valence-corrected chi connectivity index (χ1v) is 9.74. The minimum Gasteiger partial charge on any atom is -0.467 e. The second kappa shape index (κ2) is 8.91. The van der Waals surface area contributed by atoms with Crippen molar-refractivity contribution in [3.8, 4) is 0 Å². The van der Waals surface area contributed by atoms with Crippen molar-refractivity contribution >= 4 is 34.9 Å². The zero-order valence-corrected chi connectivity index (χ0v) is 16.6. The summed E-state index contributed by atoms with van der Waals surface area (Å²) in [6, 6.07) is 8.46. The van der Waals surface area contributed by atoms with Crippen molar-refractivity contribution < 1.29 is 14.0 Å². The van der Waals surface area contributed by atoms with Gasteiger partial charge in [-0.25, -0.2) is 0 Å². The number of likely N-dealkylation sites (tertiary alicyclic amines) is 1. The third kappa shape index (κ3) is 5.12. The molecule has 1 aromatic carbocycles. The summed E-state index contributed by atoms with van der Waals surface area (Å²) in [7, 11) is 0. The van der Waals surface area contributed by atoms with E-state index in [9.17, 15) is 9.59 Å². The fourth-order valence-electron chi connectivity index (χ4n) is 3.34. The van der Waals surface area contributed by atoms with E-state index in [1.807, 2.05) is 13.0 Å². The lowest BCUT2D eigenvalue weighted by Gasteiger charge is -2.31. The largest absolute Gasteiger partial charge is 0.467 e. The van der Waals surface area contributed by atoms with Crippen molar-refractivity contribution in [3.05, 3.63) is 58.0 Å². The average Bonchev–Trinajstić information content (AvgIpc) is 3.19. The molecule has 144 valence electrons. The van der Waals surface area contributed by atoms with Gasteiger partial charge in [-0.1, -0.05) is 23.2 Å². The molecule has 3 rings (SSSR count). The molecule has 2 aromatic rings. The first-order chi connectivity index (χ1) is 12.9. The number of halogens is 2. The van der Waals surface area contributed by atoms with Crippen molar-refractivity contribution in [2.24, 2.45) is 5.92 Å². The summed E-state index contributed by atoms with van der Waals surface area (Å²) in [5.41, 5.74) is 0.591. The van der Waals surface area contributed by atoms with Crippen LogP contribution in [-0.4, -0.2) is 36.2 Å². The molecule has 1 aromatic heterocycles. The Morgan fingerprint density at radius 3 is 2.59 bits per heavy atom. The molecule has 0 spiro atoms. The fraction of sp³-hybridized carbons (Fsp3) is 0.400. The molecule has 5 nitrogen and oxygen atoms in total. The molecule has 2 heterocycles. The van der Waals surface area contributed by atoms with E-state index in [0.29, 0.717) is 35.2 Å². The highest BCUT2D eigenvalue weighted by Gasteiger charge is 2.27. The summed E-state index contributed by atoms with van der Waals surface area (Å²) < 4.78 is 5.30. The Morgan fingerprint density at radius 1 is 1.22 bits per heavy atom. The summed E-state index contributed by atoms with van der Waals surface area (Å²) in [5.74, 6) is 0.718. The Kier molecular flexibility index (Phi) is 6.58. The molecule has 27 heavy (non-hydrogen) atoms. The predicted molar refractivity (Wildman–Crippen MR) is 105 cm³/mol. The fourth-order valence-corrected chi connectivity index (χ4v) is 3.64. The molecular weight excluding hydrogens is 387 g/mol. The van der Waals surface area contributed by atoms with Gasteiger partial charge < -0.3 is 9.73 Å². The summed E-state index contributed by atoms with van der Waals surface area (Å²) in [4.78, 5) is 27.0. The van der Waals surface area contributed by atoms with Gasteiger partial charge in [0.1, 0.15) is 5.76 Å². The highest BCUT2D eigenvalue weighted by atomic mass is 35.5. The number of ketones is 1. The minimum atomic E-state index is -0.165. The van der Waals surface area contributed by atoms with Crippen LogP contribution < -0.4 is 5.32 Å². The van der Waals surface area contributed by atoms with Crippen LogP contribution in [0.1, 0.15) is 41.9 Å². The Hall–Kier alpha value is -1.82. The van der Waals surface area contributed by atoms with Gasteiger partial charge in [0.25, 0.3) is 0 Å². The van der Waals surface area contributed by atoms with Crippen LogP contribution in [0.3, 0.4) is 0 Å². The average molecular weight is 409 g/mol. The number of hydrogen-bond acceptors (Lipinski definition) is 4. The number of benzene rings is 1. The van der Waals surface area contributed by atoms with Crippen molar-refractivity contribution in [2.45, 2.75) is 25.8 Å². The lowest BCUT2D eigenvalue weighted by Crippen LogP contribution is -2.43. The standard InChI is InChI=1S/C20H22Cl2N2O3/c1-13(18-3-2-10-27-18)23-19(25)12-24-8-6-14(7-9-24)20(26)15-4-5-16(21)17(22)11-15/h2-5,10-11,13-14H,6-9,12H2,1H3,(H,23,25). The third-order valence-electron chi connectivity index (χ3n) is 4.88. The third-order valence-corrected chi connectivity index (χ3v) is 5.62. The van der Waals surface area contributed by atoms with Gasteiger partial charge in [-0.05, 0) is 63.2 Å². The van der Waals surface area contributed by atoms with Crippen molar-refractivity contribution in [1.82, 2.24) is 10.2 Å². The highest BCUT2D eigenvalue weighted by Crippen LogP contribution is 2.27. The minimum absolute atomic E-state index is 0.0480. The number of furan rings is 1. The number of rotatable bonds is 6. The molecule has 0 aliphatic carbocycles. The number of Topliss-reactive ketones (excluding diaryl/α,β-unsaturated/α-hetero) is 1. The van der Waals surface area contributed by atoms with Crippen LogP contribution in [0.2, 0.25) is 10.0 Å². The zero-order valence-electron chi connectivity index (χ0n) is 15.1. The molecule has 1 atom stereocenters. The number of carbonyl (C=O) groups excluding carboxylic acids is 2. The second-order valence-corrected chi connectivity index (χ2v) is 7.66. The number of nitrogens with one attached hydrogen (secondary N) is 1. The summed E-state index contributed by atoms with van der Waals surface area (Å²) in [6.07, 6.45) is 3.04. The van der Waals surface area contributed by atoms with Gasteiger partial charge in [0.15, 0.2) is 5.78 Å². The van der Waals surface area contributed by atoms with E-state index < -0.39 is 0 Å². The maximum atomic E-state index is 12.7. The van der Waals surface area contributed by atoms with E-state index in [1.54, 1.807) is 30.5 Å². The molecule has 1 fully saturated rings. The molecule has 0 saturated carbocycles. The molecular formula is C20H22Cl2N2O3. The Bertz CT molecular complexity index is 800. The van der Waals surface area contributed by atoms with E-state index in [1.165, 1.54) is 0 Å². The van der Waals surface area contributed by atoms with Crippen LogP contribution in [0.15, 0.2) is 41.0 Å². The van der Waals surface area contributed by atoms with Gasteiger partial charge in [0, 0.05) is 11.5 Å². The smallest absolute Gasteiger partial charge is 0.234 e. The van der Waals surface area contributed by atoms with E-state index in [2.05, 4.69) is 10.2 Å². The van der Waals surface area contributed by atoms with E-state index >= 15 is 0 Å². The number of hydrogen-bond donors (Lipinski definition) is 1. The normalized spacial score (nSPS) is 16.9. The van der Waals surface area contributed by atoms with Crippen molar-refractivity contribution in [3.63, 3.8) is 0 Å². The molecule has 1 amide bonds. The predicted octanol–water partition coefficient (Wildman–Crippen LogP) is 4.36. The van der Waals surface area contributed by atoms with Crippen LogP contribution in [0.5, 0.6) is 0 Å².